The van der Waals surface area contributed by atoms with Crippen molar-refractivity contribution in [3.63, 3.8) is 0 Å². The lowest BCUT2D eigenvalue weighted by molar-refractivity contribution is -0.138. The third kappa shape index (κ3) is 2.69. The number of carbonyl (C=O) groups excluding carboxylic acids is 1. The number of hydrogen-bond donors (Lipinski definition) is 1. The summed E-state index contributed by atoms with van der Waals surface area (Å²) in [4.78, 5) is 11.3. The molecule has 0 saturated heterocycles. The van der Waals surface area contributed by atoms with Gasteiger partial charge in [0, 0.05) is 5.56 Å². The van der Waals surface area contributed by atoms with Gasteiger partial charge in [-0.2, -0.15) is 13.2 Å². The van der Waals surface area contributed by atoms with Gasteiger partial charge in [0.25, 0.3) is 0 Å². The van der Waals surface area contributed by atoms with Crippen molar-refractivity contribution in [1.82, 2.24) is 0 Å². The van der Waals surface area contributed by atoms with Crippen molar-refractivity contribution in [2.75, 3.05) is 6.61 Å². The molecule has 0 unspecified atom stereocenters. The van der Waals surface area contributed by atoms with Crippen LogP contribution in [0.2, 0.25) is 0 Å². The number of hydrogen-bond acceptors (Lipinski definition) is 3. The van der Waals surface area contributed by atoms with Crippen LogP contribution in [-0.4, -0.2) is 17.7 Å². The van der Waals surface area contributed by atoms with Crippen LogP contribution in [-0.2, 0) is 10.9 Å². The molecule has 0 bridgehead atoms. The van der Waals surface area contributed by atoms with Crippen molar-refractivity contribution in [2.24, 2.45) is 0 Å². The molecule has 0 aliphatic rings. The third-order valence-electron chi connectivity index (χ3n) is 2.23. The van der Waals surface area contributed by atoms with E-state index in [-0.39, 0.29) is 17.7 Å². The molecule has 0 aromatic heterocycles. The van der Waals surface area contributed by atoms with E-state index in [1.54, 1.807) is 6.92 Å². The van der Waals surface area contributed by atoms with Crippen LogP contribution in [0, 0.1) is 6.92 Å². The summed E-state index contributed by atoms with van der Waals surface area (Å²) >= 11 is 0. The van der Waals surface area contributed by atoms with Crippen molar-refractivity contribution in [1.29, 1.82) is 0 Å². The quantitative estimate of drug-likeness (QED) is 0.818. The van der Waals surface area contributed by atoms with Gasteiger partial charge in [-0.1, -0.05) is 0 Å². The number of benzene rings is 1. The lowest BCUT2D eigenvalue weighted by Crippen LogP contribution is -2.11. The highest BCUT2D eigenvalue weighted by Crippen LogP contribution is 2.36. The summed E-state index contributed by atoms with van der Waals surface area (Å²) in [5.41, 5.74) is -1.62. The van der Waals surface area contributed by atoms with E-state index in [0.29, 0.717) is 0 Å². The molecular formula is C11H11F3O3. The molecule has 0 atom stereocenters. The monoisotopic (exact) mass is 248 g/mol. The fourth-order valence-electron chi connectivity index (χ4n) is 1.38. The van der Waals surface area contributed by atoms with E-state index in [0.717, 1.165) is 19.1 Å². The van der Waals surface area contributed by atoms with Crippen LogP contribution in [0.3, 0.4) is 0 Å². The second-order valence-corrected chi connectivity index (χ2v) is 3.35. The second-order valence-electron chi connectivity index (χ2n) is 3.35. The van der Waals surface area contributed by atoms with E-state index >= 15 is 0 Å². The molecule has 0 aliphatic heterocycles. The van der Waals surface area contributed by atoms with Crippen molar-refractivity contribution < 1.29 is 27.8 Å². The molecule has 0 aliphatic carbocycles. The highest BCUT2D eigenvalue weighted by atomic mass is 19.4. The molecule has 0 amide bonds. The zero-order valence-corrected chi connectivity index (χ0v) is 9.26. The number of phenols is 1. The largest absolute Gasteiger partial charge is 0.507 e. The van der Waals surface area contributed by atoms with Crippen LogP contribution < -0.4 is 0 Å². The van der Waals surface area contributed by atoms with Crippen molar-refractivity contribution >= 4 is 5.97 Å². The first-order chi connectivity index (χ1) is 7.79. The van der Waals surface area contributed by atoms with Crippen molar-refractivity contribution in [3.05, 3.63) is 28.8 Å². The minimum Gasteiger partial charge on any atom is -0.507 e. The first-order valence-electron chi connectivity index (χ1n) is 4.86. The number of rotatable bonds is 2. The Morgan fingerprint density at radius 1 is 1.41 bits per heavy atom. The Labute approximate surface area is 95.8 Å². The molecule has 1 N–H and O–H groups in total. The van der Waals surface area contributed by atoms with E-state index in [9.17, 15) is 23.1 Å². The Morgan fingerprint density at radius 3 is 2.47 bits per heavy atom. The molecule has 0 radical (unpaired) electrons. The van der Waals surface area contributed by atoms with Gasteiger partial charge in [0.05, 0.1) is 12.2 Å². The molecular weight excluding hydrogens is 237 g/mol. The molecule has 0 saturated carbocycles. The number of carbonyl (C=O) groups is 1. The first-order valence-corrected chi connectivity index (χ1v) is 4.86. The first kappa shape index (κ1) is 13.3. The predicted octanol–water partition coefficient (Wildman–Crippen LogP) is 2.90. The third-order valence-corrected chi connectivity index (χ3v) is 2.23. The molecule has 94 valence electrons. The van der Waals surface area contributed by atoms with Crippen LogP contribution >= 0.6 is 0 Å². The average molecular weight is 248 g/mol. The number of alkyl halides is 3. The maximum atomic E-state index is 12.5. The summed E-state index contributed by atoms with van der Waals surface area (Å²) in [5, 5.41) is 9.54. The maximum Gasteiger partial charge on any atom is 0.416 e. The lowest BCUT2D eigenvalue weighted by atomic mass is 10.0. The Morgan fingerprint density at radius 2 is 2.00 bits per heavy atom. The van der Waals surface area contributed by atoms with Crippen molar-refractivity contribution in [3.8, 4) is 5.75 Å². The highest BCUT2D eigenvalue weighted by molar-refractivity contribution is 5.93. The van der Waals surface area contributed by atoms with Gasteiger partial charge >= 0.3 is 12.1 Å². The average Bonchev–Trinajstić information content (AvgIpc) is 2.20. The molecule has 1 aromatic carbocycles. The summed E-state index contributed by atoms with van der Waals surface area (Å²) < 4.78 is 42.1. The Balaban J connectivity index is 3.25. The zero-order valence-electron chi connectivity index (χ0n) is 9.26. The zero-order chi connectivity index (χ0) is 13.2. The lowest BCUT2D eigenvalue weighted by Gasteiger charge is -2.13. The van der Waals surface area contributed by atoms with Crippen LogP contribution in [0.4, 0.5) is 13.2 Å². The van der Waals surface area contributed by atoms with E-state index in [2.05, 4.69) is 4.74 Å². The molecule has 17 heavy (non-hydrogen) atoms. The summed E-state index contributed by atoms with van der Waals surface area (Å²) in [5.74, 6) is -1.54. The van der Waals surface area contributed by atoms with Crippen LogP contribution in [0.25, 0.3) is 0 Å². The van der Waals surface area contributed by atoms with Gasteiger partial charge < -0.3 is 9.84 Å². The molecule has 0 fully saturated rings. The van der Waals surface area contributed by atoms with Gasteiger partial charge in [-0.05, 0) is 26.0 Å². The van der Waals surface area contributed by atoms with E-state index < -0.39 is 23.5 Å². The smallest absolute Gasteiger partial charge is 0.416 e. The molecule has 1 rings (SSSR count). The van der Waals surface area contributed by atoms with Gasteiger partial charge in [0.2, 0.25) is 0 Å². The number of ether oxygens (including phenoxy) is 1. The van der Waals surface area contributed by atoms with E-state index in [1.807, 2.05) is 0 Å². The van der Waals surface area contributed by atoms with Gasteiger partial charge in [0.1, 0.15) is 11.3 Å². The van der Waals surface area contributed by atoms with E-state index in [4.69, 9.17) is 0 Å². The number of esters is 1. The minimum atomic E-state index is -4.56. The second kappa shape index (κ2) is 4.65. The predicted molar refractivity (Wildman–Crippen MR) is 53.8 cm³/mol. The summed E-state index contributed by atoms with van der Waals surface area (Å²) in [6, 6.07) is 1.66. The fraction of sp³-hybridized carbons (Fsp3) is 0.364. The van der Waals surface area contributed by atoms with Gasteiger partial charge in [-0.15, -0.1) is 0 Å². The number of phenolic OH excluding ortho intramolecular Hbond substituents is 1. The molecule has 6 heteroatoms. The standard InChI is InChI=1S/C11H11F3O3/c1-3-17-10(16)7-4-5-8(11(12,13)14)6(2)9(7)15/h4-5,15H,3H2,1-2H3. The molecule has 1 aromatic rings. The van der Waals surface area contributed by atoms with Crippen LogP contribution in [0.1, 0.15) is 28.4 Å². The SMILES string of the molecule is CCOC(=O)c1ccc(C(F)(F)F)c(C)c1O. The maximum absolute atomic E-state index is 12.5. The summed E-state index contributed by atoms with van der Waals surface area (Å²) in [6.07, 6.45) is -4.56. The normalized spacial score (nSPS) is 11.4. The Kier molecular flexibility index (Phi) is 3.65. The Bertz CT molecular complexity index is 438. The Hall–Kier alpha value is -1.72. The highest BCUT2D eigenvalue weighted by Gasteiger charge is 2.34. The summed E-state index contributed by atoms with van der Waals surface area (Å²) in [6.45, 7) is 2.74. The van der Waals surface area contributed by atoms with E-state index in [1.165, 1.54) is 0 Å². The minimum absolute atomic E-state index is 0.0817. The van der Waals surface area contributed by atoms with Crippen LogP contribution in [0.15, 0.2) is 12.1 Å². The van der Waals surface area contributed by atoms with Crippen molar-refractivity contribution in [2.45, 2.75) is 20.0 Å². The molecule has 0 spiro atoms. The van der Waals surface area contributed by atoms with Gasteiger partial charge in [-0.25, -0.2) is 4.79 Å². The van der Waals surface area contributed by atoms with Gasteiger partial charge in [0.15, 0.2) is 0 Å². The fourth-order valence-corrected chi connectivity index (χ4v) is 1.38. The number of halogens is 3. The molecule has 3 nitrogen and oxygen atoms in total. The number of aromatic hydroxyl groups is 1. The van der Waals surface area contributed by atoms with Gasteiger partial charge in [-0.3, -0.25) is 0 Å². The summed E-state index contributed by atoms with van der Waals surface area (Å²) in [7, 11) is 0. The molecule has 0 heterocycles. The topological polar surface area (TPSA) is 46.5 Å². The van der Waals surface area contributed by atoms with Crippen LogP contribution in [0.5, 0.6) is 5.75 Å².